The lowest BCUT2D eigenvalue weighted by Gasteiger charge is -2.22. The third-order valence-corrected chi connectivity index (χ3v) is 2.96. The Labute approximate surface area is 96.9 Å². The Hall–Kier alpha value is -1.28. The highest BCUT2D eigenvalue weighted by Crippen LogP contribution is 2.34. The molecule has 1 aromatic rings. The lowest BCUT2D eigenvalue weighted by atomic mass is 9.87. The number of rotatable bonds is 4. The molecule has 0 spiro atoms. The van der Waals surface area contributed by atoms with Crippen LogP contribution in [0.3, 0.4) is 0 Å². The van der Waals surface area contributed by atoms with Crippen molar-refractivity contribution in [3.63, 3.8) is 0 Å². The third kappa shape index (κ3) is 2.27. The fourth-order valence-electron chi connectivity index (χ4n) is 2.04. The maximum Gasteiger partial charge on any atom is 0.122 e. The van der Waals surface area contributed by atoms with Crippen molar-refractivity contribution in [3.05, 3.63) is 41.5 Å². The summed E-state index contributed by atoms with van der Waals surface area (Å²) in [5.74, 6) is 1.59. The summed E-state index contributed by atoms with van der Waals surface area (Å²) >= 11 is 0. The Morgan fingerprint density at radius 3 is 2.88 bits per heavy atom. The van der Waals surface area contributed by atoms with E-state index in [9.17, 15) is 0 Å². The Balaban J connectivity index is 2.15. The number of allylic oxidation sites excluding steroid dienone is 1. The highest BCUT2D eigenvalue weighted by atomic mass is 16.5. The number of ether oxygens (including phenoxy) is 2. The van der Waals surface area contributed by atoms with E-state index >= 15 is 0 Å². The summed E-state index contributed by atoms with van der Waals surface area (Å²) in [6.45, 7) is 3.50. The molecule has 1 aliphatic rings. The van der Waals surface area contributed by atoms with Crippen molar-refractivity contribution < 1.29 is 9.47 Å². The van der Waals surface area contributed by atoms with Gasteiger partial charge in [0.1, 0.15) is 12.4 Å². The van der Waals surface area contributed by atoms with Crippen LogP contribution in [0.4, 0.5) is 0 Å². The Morgan fingerprint density at radius 2 is 2.06 bits per heavy atom. The molecule has 0 N–H and O–H groups in total. The van der Waals surface area contributed by atoms with E-state index in [2.05, 4.69) is 37.3 Å². The monoisotopic (exact) mass is 218 g/mol. The van der Waals surface area contributed by atoms with E-state index in [1.54, 1.807) is 7.11 Å². The molecule has 16 heavy (non-hydrogen) atoms. The fraction of sp³-hybridized carbons (Fsp3) is 0.429. The van der Waals surface area contributed by atoms with Gasteiger partial charge in [0, 0.05) is 12.7 Å². The average Bonchev–Trinajstić information content (AvgIpc) is 2.33. The summed E-state index contributed by atoms with van der Waals surface area (Å²) in [5, 5.41) is 0. The summed E-state index contributed by atoms with van der Waals surface area (Å²) in [5.41, 5.74) is 2.62. The molecule has 2 nitrogen and oxygen atoms in total. The van der Waals surface area contributed by atoms with Gasteiger partial charge in [-0.05, 0) is 24.0 Å². The van der Waals surface area contributed by atoms with E-state index in [0.29, 0.717) is 19.1 Å². The molecule has 0 bridgehead atoms. The first kappa shape index (κ1) is 11.2. The van der Waals surface area contributed by atoms with Crippen LogP contribution in [0.25, 0.3) is 5.76 Å². The number of hydrogen-bond donors (Lipinski definition) is 0. The van der Waals surface area contributed by atoms with Crippen molar-refractivity contribution >= 4 is 5.76 Å². The van der Waals surface area contributed by atoms with Crippen LogP contribution in [-0.4, -0.2) is 20.3 Å². The van der Waals surface area contributed by atoms with E-state index in [1.807, 2.05) is 0 Å². The zero-order valence-corrected chi connectivity index (χ0v) is 9.90. The van der Waals surface area contributed by atoms with Gasteiger partial charge in [-0.3, -0.25) is 0 Å². The van der Waals surface area contributed by atoms with Gasteiger partial charge < -0.3 is 9.47 Å². The highest BCUT2D eigenvalue weighted by Gasteiger charge is 2.18. The second-order valence-corrected chi connectivity index (χ2v) is 4.13. The van der Waals surface area contributed by atoms with Crippen molar-refractivity contribution in [2.45, 2.75) is 19.3 Å². The van der Waals surface area contributed by atoms with Crippen molar-refractivity contribution in [2.75, 3.05) is 20.3 Å². The van der Waals surface area contributed by atoms with Gasteiger partial charge in [-0.1, -0.05) is 31.2 Å². The molecule has 1 aromatic carbocycles. The average molecular weight is 218 g/mol. The SMILES string of the molecule is COCCOC1=CCC(C)c2ccccc21. The zero-order chi connectivity index (χ0) is 11.4. The minimum atomic E-state index is 0.589. The van der Waals surface area contributed by atoms with Crippen LogP contribution < -0.4 is 0 Å². The second-order valence-electron chi connectivity index (χ2n) is 4.13. The number of benzene rings is 1. The van der Waals surface area contributed by atoms with Gasteiger partial charge in [-0.2, -0.15) is 0 Å². The maximum atomic E-state index is 5.73. The van der Waals surface area contributed by atoms with Crippen molar-refractivity contribution in [2.24, 2.45) is 0 Å². The molecule has 86 valence electrons. The molecule has 0 heterocycles. The van der Waals surface area contributed by atoms with Crippen LogP contribution in [0.15, 0.2) is 30.3 Å². The minimum Gasteiger partial charge on any atom is -0.491 e. The van der Waals surface area contributed by atoms with Crippen molar-refractivity contribution in [3.8, 4) is 0 Å². The molecule has 0 aromatic heterocycles. The van der Waals surface area contributed by atoms with Gasteiger partial charge in [-0.15, -0.1) is 0 Å². The molecule has 0 saturated carbocycles. The maximum absolute atomic E-state index is 5.73. The smallest absolute Gasteiger partial charge is 0.122 e. The van der Waals surface area contributed by atoms with E-state index in [0.717, 1.165) is 12.2 Å². The minimum absolute atomic E-state index is 0.589. The molecule has 2 heteroatoms. The van der Waals surface area contributed by atoms with Gasteiger partial charge in [-0.25, -0.2) is 0 Å². The lowest BCUT2D eigenvalue weighted by Crippen LogP contribution is -2.08. The molecule has 0 radical (unpaired) electrons. The van der Waals surface area contributed by atoms with Gasteiger partial charge in [0.2, 0.25) is 0 Å². The predicted octanol–water partition coefficient (Wildman–Crippen LogP) is 3.20. The number of hydrogen-bond acceptors (Lipinski definition) is 2. The van der Waals surface area contributed by atoms with E-state index < -0.39 is 0 Å². The first-order valence-electron chi connectivity index (χ1n) is 5.74. The van der Waals surface area contributed by atoms with Gasteiger partial charge in [0.05, 0.1) is 6.61 Å². The van der Waals surface area contributed by atoms with Gasteiger partial charge in [0.15, 0.2) is 0 Å². The van der Waals surface area contributed by atoms with Crippen LogP contribution in [0.1, 0.15) is 30.4 Å². The fourth-order valence-corrected chi connectivity index (χ4v) is 2.04. The van der Waals surface area contributed by atoms with Crippen LogP contribution in [0.2, 0.25) is 0 Å². The quantitative estimate of drug-likeness (QED) is 0.722. The molecule has 0 aliphatic heterocycles. The highest BCUT2D eigenvalue weighted by molar-refractivity contribution is 5.66. The van der Waals surface area contributed by atoms with Crippen LogP contribution in [-0.2, 0) is 9.47 Å². The first-order chi connectivity index (χ1) is 7.83. The summed E-state index contributed by atoms with van der Waals surface area (Å²) < 4.78 is 10.7. The first-order valence-corrected chi connectivity index (χ1v) is 5.74. The van der Waals surface area contributed by atoms with E-state index in [-0.39, 0.29) is 0 Å². The molecule has 1 aliphatic carbocycles. The summed E-state index contributed by atoms with van der Waals surface area (Å²) in [7, 11) is 1.69. The zero-order valence-electron chi connectivity index (χ0n) is 9.90. The predicted molar refractivity (Wildman–Crippen MR) is 65.3 cm³/mol. The molecule has 2 rings (SSSR count). The molecule has 1 atom stereocenters. The Kier molecular flexibility index (Phi) is 3.62. The summed E-state index contributed by atoms with van der Waals surface area (Å²) in [6, 6.07) is 8.47. The normalized spacial score (nSPS) is 18.9. The summed E-state index contributed by atoms with van der Waals surface area (Å²) in [6.07, 6.45) is 3.24. The lowest BCUT2D eigenvalue weighted by molar-refractivity contribution is 0.132. The third-order valence-electron chi connectivity index (χ3n) is 2.96. The molecule has 0 amide bonds. The molecular weight excluding hydrogens is 200 g/mol. The van der Waals surface area contributed by atoms with Crippen LogP contribution in [0.5, 0.6) is 0 Å². The number of methoxy groups -OCH3 is 1. The Bertz CT molecular complexity index is 382. The largest absolute Gasteiger partial charge is 0.491 e. The topological polar surface area (TPSA) is 18.5 Å². The van der Waals surface area contributed by atoms with Gasteiger partial charge >= 0.3 is 0 Å². The standard InChI is InChI=1S/C14H18O2/c1-11-7-8-14(16-10-9-15-2)13-6-4-3-5-12(11)13/h3-6,8,11H,7,9-10H2,1-2H3. The summed E-state index contributed by atoms with van der Waals surface area (Å²) in [4.78, 5) is 0. The molecule has 0 saturated heterocycles. The van der Waals surface area contributed by atoms with Gasteiger partial charge in [0.25, 0.3) is 0 Å². The molecule has 1 unspecified atom stereocenters. The van der Waals surface area contributed by atoms with Crippen molar-refractivity contribution in [1.29, 1.82) is 0 Å². The second kappa shape index (κ2) is 5.17. The van der Waals surface area contributed by atoms with E-state index in [4.69, 9.17) is 9.47 Å². The number of fused-ring (bicyclic) bond motifs is 1. The van der Waals surface area contributed by atoms with Crippen LogP contribution in [0, 0.1) is 0 Å². The molecular formula is C14H18O2. The van der Waals surface area contributed by atoms with E-state index in [1.165, 1.54) is 11.1 Å². The van der Waals surface area contributed by atoms with Crippen LogP contribution >= 0.6 is 0 Å². The Morgan fingerprint density at radius 1 is 1.25 bits per heavy atom. The molecule has 0 fully saturated rings. The van der Waals surface area contributed by atoms with Crippen molar-refractivity contribution in [1.82, 2.24) is 0 Å².